The van der Waals surface area contributed by atoms with Crippen LogP contribution in [0.25, 0.3) is 21.5 Å². The molecule has 0 aliphatic rings. The number of aliphatic hydroxyl groups excluding tert-OH is 1. The lowest BCUT2D eigenvalue weighted by molar-refractivity contribution is 0.311. The summed E-state index contributed by atoms with van der Waals surface area (Å²) in [5.41, 5.74) is 11.3. The van der Waals surface area contributed by atoms with Crippen molar-refractivity contribution in [3.8, 4) is 0 Å². The molecular weight excluding hydrogens is 673 g/mol. The molecule has 0 aliphatic heterocycles. The second kappa shape index (κ2) is 15.6. The molecule has 1 heterocycles. The minimum Gasteiger partial charge on any atom is -0.395 e. The highest BCUT2D eigenvalue weighted by Crippen LogP contribution is 2.33. The van der Waals surface area contributed by atoms with E-state index < -0.39 is 0 Å². The molecule has 270 valence electrons. The fraction of sp³-hybridized carbons (Fsp3) is 0.186. The number of nitrogens with one attached hydrogen (secondary N) is 3. The third-order valence-corrected chi connectivity index (χ3v) is 9.29. The average Bonchev–Trinajstić information content (AvgIpc) is 3.14. The van der Waals surface area contributed by atoms with Crippen molar-refractivity contribution in [2.75, 3.05) is 29.1 Å². The number of aliphatic hydroxyl groups is 1. The van der Waals surface area contributed by atoms with Gasteiger partial charge in [-0.2, -0.15) is 35.4 Å². The second-order valence-corrected chi connectivity index (χ2v) is 13.5. The molecule has 0 unspecified atom stereocenters. The Morgan fingerprint density at radius 1 is 0.463 bits per heavy atom. The SMILES string of the molecule is Cc1cc(Nc2nc(NCCO)nc(Nc3ccc(N=Nc4cc(C)c5cccc(C)c5c4)c(C)c3)n2)ccc1N=Nc1cc(C)c2cccc(C)c2c1. The van der Waals surface area contributed by atoms with Gasteiger partial charge in [-0.15, -0.1) is 0 Å². The normalized spacial score (nSPS) is 11.6. The van der Waals surface area contributed by atoms with Crippen molar-refractivity contribution in [3.05, 3.63) is 130 Å². The molecule has 0 amide bonds. The van der Waals surface area contributed by atoms with Crippen LogP contribution in [0.2, 0.25) is 0 Å². The Kier molecular flexibility index (Phi) is 10.3. The Bertz CT molecular complexity index is 2410. The van der Waals surface area contributed by atoms with E-state index in [2.05, 4.69) is 140 Å². The summed E-state index contributed by atoms with van der Waals surface area (Å²) in [5.74, 6) is 0.966. The van der Waals surface area contributed by atoms with Crippen LogP contribution >= 0.6 is 0 Å². The average molecular weight is 715 g/mol. The summed E-state index contributed by atoms with van der Waals surface area (Å²) in [6, 6.07) is 32.5. The number of hydrogen-bond donors (Lipinski definition) is 4. The number of aromatic nitrogens is 3. The summed E-state index contributed by atoms with van der Waals surface area (Å²) in [5, 5.41) is 42.1. The Labute approximate surface area is 314 Å². The first-order valence-corrected chi connectivity index (χ1v) is 17.8. The van der Waals surface area contributed by atoms with Crippen LogP contribution in [0.5, 0.6) is 0 Å². The zero-order valence-corrected chi connectivity index (χ0v) is 31.2. The minimum atomic E-state index is -0.0710. The van der Waals surface area contributed by atoms with Crippen molar-refractivity contribution >= 4 is 73.5 Å². The molecule has 0 spiro atoms. The lowest BCUT2D eigenvalue weighted by atomic mass is 10.0. The van der Waals surface area contributed by atoms with Crippen LogP contribution in [0.3, 0.4) is 0 Å². The van der Waals surface area contributed by atoms with Gasteiger partial charge < -0.3 is 21.1 Å². The van der Waals surface area contributed by atoms with Gasteiger partial charge in [0.25, 0.3) is 0 Å². The van der Waals surface area contributed by atoms with E-state index in [1.54, 1.807) is 0 Å². The number of azo groups is 2. The first-order chi connectivity index (χ1) is 26.1. The summed E-state index contributed by atoms with van der Waals surface area (Å²) in [6.45, 7) is 12.6. The smallest absolute Gasteiger partial charge is 0.233 e. The first kappa shape index (κ1) is 35.8. The van der Waals surface area contributed by atoms with Crippen LogP contribution in [0, 0.1) is 41.5 Å². The largest absolute Gasteiger partial charge is 0.395 e. The van der Waals surface area contributed by atoms with Gasteiger partial charge in [-0.3, -0.25) is 0 Å². The Morgan fingerprint density at radius 3 is 1.37 bits per heavy atom. The van der Waals surface area contributed by atoms with Gasteiger partial charge in [0.15, 0.2) is 0 Å². The quantitative estimate of drug-likeness (QED) is 0.0976. The lowest BCUT2D eigenvalue weighted by Gasteiger charge is -2.12. The molecule has 0 atom stereocenters. The molecule has 54 heavy (non-hydrogen) atoms. The fourth-order valence-corrected chi connectivity index (χ4v) is 6.43. The summed E-state index contributed by atoms with van der Waals surface area (Å²) in [7, 11) is 0. The highest BCUT2D eigenvalue weighted by Gasteiger charge is 2.11. The Morgan fingerprint density at radius 2 is 0.926 bits per heavy atom. The zero-order valence-electron chi connectivity index (χ0n) is 31.2. The molecule has 7 rings (SSSR count). The van der Waals surface area contributed by atoms with Gasteiger partial charge in [-0.1, -0.05) is 36.4 Å². The van der Waals surface area contributed by atoms with Crippen molar-refractivity contribution in [2.45, 2.75) is 41.5 Å². The van der Waals surface area contributed by atoms with E-state index in [0.29, 0.717) is 17.8 Å². The summed E-state index contributed by atoms with van der Waals surface area (Å²) in [4.78, 5) is 13.7. The monoisotopic (exact) mass is 714 g/mol. The molecule has 0 fully saturated rings. The van der Waals surface area contributed by atoms with Gasteiger partial charge in [0.05, 0.1) is 29.4 Å². The van der Waals surface area contributed by atoms with E-state index in [9.17, 15) is 5.11 Å². The van der Waals surface area contributed by atoms with Gasteiger partial charge in [0, 0.05) is 17.9 Å². The Balaban J connectivity index is 1.07. The van der Waals surface area contributed by atoms with Crippen molar-refractivity contribution in [1.29, 1.82) is 0 Å². The van der Waals surface area contributed by atoms with Crippen molar-refractivity contribution in [3.63, 3.8) is 0 Å². The van der Waals surface area contributed by atoms with E-state index in [-0.39, 0.29) is 13.2 Å². The molecule has 0 saturated heterocycles. The molecular formula is C43H42N10O. The minimum absolute atomic E-state index is 0.0710. The maximum Gasteiger partial charge on any atom is 0.233 e. The molecule has 6 aromatic carbocycles. The molecule has 1 aromatic heterocycles. The summed E-state index contributed by atoms with van der Waals surface area (Å²) in [6.07, 6.45) is 0. The van der Waals surface area contributed by atoms with E-state index in [1.807, 2.05) is 50.2 Å². The van der Waals surface area contributed by atoms with Gasteiger partial charge in [-0.25, -0.2) is 0 Å². The van der Waals surface area contributed by atoms with Crippen LogP contribution < -0.4 is 16.0 Å². The van der Waals surface area contributed by atoms with Crippen LogP contribution in [-0.2, 0) is 0 Å². The van der Waals surface area contributed by atoms with E-state index in [4.69, 9.17) is 0 Å². The van der Waals surface area contributed by atoms with Crippen molar-refractivity contribution in [2.24, 2.45) is 20.5 Å². The van der Waals surface area contributed by atoms with Crippen LogP contribution in [0.1, 0.15) is 33.4 Å². The van der Waals surface area contributed by atoms with Gasteiger partial charge in [0.1, 0.15) is 0 Å². The van der Waals surface area contributed by atoms with Crippen LogP contribution in [0.15, 0.2) is 118 Å². The molecule has 11 heteroatoms. The predicted molar refractivity (Wildman–Crippen MR) is 220 cm³/mol. The van der Waals surface area contributed by atoms with Crippen LogP contribution in [0.4, 0.5) is 52.0 Å². The Hall–Kier alpha value is -6.59. The number of benzene rings is 6. The van der Waals surface area contributed by atoms with Crippen molar-refractivity contribution < 1.29 is 5.11 Å². The van der Waals surface area contributed by atoms with E-state index in [0.717, 1.165) is 56.4 Å². The molecule has 0 bridgehead atoms. The second-order valence-electron chi connectivity index (χ2n) is 13.5. The van der Waals surface area contributed by atoms with Gasteiger partial charge in [-0.05, 0) is 157 Å². The highest BCUT2D eigenvalue weighted by atomic mass is 16.3. The zero-order chi connectivity index (χ0) is 37.8. The maximum atomic E-state index is 9.43. The molecule has 0 saturated carbocycles. The number of rotatable bonds is 11. The fourth-order valence-electron chi connectivity index (χ4n) is 6.43. The third kappa shape index (κ3) is 8.06. The molecule has 7 aromatic rings. The molecule has 4 N–H and O–H groups in total. The number of hydrogen-bond acceptors (Lipinski definition) is 11. The van der Waals surface area contributed by atoms with Crippen LogP contribution in [-0.4, -0.2) is 33.2 Å². The maximum absolute atomic E-state index is 9.43. The topological polar surface area (TPSA) is 144 Å². The predicted octanol–water partition coefficient (Wildman–Crippen LogP) is 11.8. The number of aryl methyl sites for hydroxylation is 6. The molecule has 0 radical (unpaired) electrons. The third-order valence-electron chi connectivity index (χ3n) is 9.29. The van der Waals surface area contributed by atoms with E-state index >= 15 is 0 Å². The standard InChI is InChI=1S/C43H42N10O/c1-25-9-7-11-35-27(3)19-33(23-37(25)35)50-52-39-15-13-31(21-29(39)5)45-42-47-41(44-17-18-54)48-43(49-42)46-32-14-16-40(30(6)22-32)53-51-34-20-28(4)36-12-8-10-26(2)38(36)24-34/h7-16,19-24,54H,17-18H2,1-6H3,(H3,44,45,46,47,48,49). The number of anilines is 5. The highest BCUT2D eigenvalue weighted by molar-refractivity contribution is 5.91. The van der Waals surface area contributed by atoms with Gasteiger partial charge >= 0.3 is 0 Å². The lowest BCUT2D eigenvalue weighted by Crippen LogP contribution is -2.12. The van der Waals surface area contributed by atoms with Crippen molar-refractivity contribution in [1.82, 2.24) is 15.0 Å². The molecule has 11 nitrogen and oxygen atoms in total. The summed E-state index contributed by atoms with van der Waals surface area (Å²) < 4.78 is 0. The first-order valence-electron chi connectivity index (χ1n) is 17.8. The number of nitrogens with zero attached hydrogens (tertiary/aromatic N) is 7. The molecule has 0 aliphatic carbocycles. The number of fused-ring (bicyclic) bond motifs is 2. The van der Waals surface area contributed by atoms with E-state index in [1.165, 1.54) is 32.7 Å². The summed E-state index contributed by atoms with van der Waals surface area (Å²) >= 11 is 0. The van der Waals surface area contributed by atoms with Gasteiger partial charge in [0.2, 0.25) is 17.8 Å².